The third-order valence-corrected chi connectivity index (χ3v) is 7.49. The van der Waals surface area contributed by atoms with Crippen molar-refractivity contribution in [3.8, 4) is 0 Å². The maximum Gasteiger partial charge on any atom is 0.354 e. The van der Waals surface area contributed by atoms with Crippen LogP contribution in [0.15, 0.2) is 52.3 Å². The third-order valence-electron chi connectivity index (χ3n) is 5.12. The molecule has 0 aromatic heterocycles. The number of hydrogen-bond acceptors (Lipinski definition) is 7. The highest BCUT2D eigenvalue weighted by molar-refractivity contribution is 8.29. The minimum Gasteiger partial charge on any atom is -0.331 e. The summed E-state index contributed by atoms with van der Waals surface area (Å²) in [5.74, 6) is -1.54. The van der Waals surface area contributed by atoms with Gasteiger partial charge in [-0.15, -0.1) is 0 Å². The molecule has 1 aromatic rings. The summed E-state index contributed by atoms with van der Waals surface area (Å²) in [5.41, 5.74) is 2.06. The van der Waals surface area contributed by atoms with E-state index in [1.807, 2.05) is 0 Å². The minimum atomic E-state index is -3.08. The van der Waals surface area contributed by atoms with E-state index in [9.17, 15) is 19.7 Å². The largest absolute Gasteiger partial charge is 0.354 e. The first-order valence-corrected chi connectivity index (χ1v) is 10.8. The molecule has 0 radical (unpaired) electrons. The molecule has 29 heavy (non-hydrogen) atoms. The van der Waals surface area contributed by atoms with E-state index in [1.54, 1.807) is 17.5 Å². The highest BCUT2D eigenvalue weighted by atomic mass is 32.3. The van der Waals surface area contributed by atoms with Crippen LogP contribution in [0.3, 0.4) is 0 Å². The lowest BCUT2D eigenvalue weighted by Crippen LogP contribution is -2.34. The summed E-state index contributed by atoms with van der Waals surface area (Å²) in [6, 6.07) is 5.07. The number of fused-ring (bicyclic) bond motifs is 2. The lowest BCUT2D eigenvalue weighted by molar-refractivity contribution is -0.387. The smallest absolute Gasteiger partial charge is 0.331 e. The van der Waals surface area contributed by atoms with E-state index in [2.05, 4.69) is 24.8 Å². The fourth-order valence-corrected chi connectivity index (χ4v) is 6.21. The molecule has 1 aromatic carbocycles. The van der Waals surface area contributed by atoms with Gasteiger partial charge in [0.05, 0.1) is 10.3 Å². The van der Waals surface area contributed by atoms with Crippen molar-refractivity contribution in [3.63, 3.8) is 0 Å². The molecule has 8 nitrogen and oxygen atoms in total. The van der Waals surface area contributed by atoms with E-state index >= 15 is 0 Å². The summed E-state index contributed by atoms with van der Waals surface area (Å²) < 4.78 is 11.0. The summed E-state index contributed by atoms with van der Waals surface area (Å²) >= 11 is 0. The number of allylic oxidation sites excluding steroid dienone is 1. The fraction of sp³-hybridized carbons (Fsp3) is 0.300. The number of hydrogen-bond donors (Lipinski definition) is 0. The molecule has 0 unspecified atom stereocenters. The standard InChI is InChI=1S/C20H20N2O6S/c1-13(2)21-10-8-14(9-11-21)16-12-29(27-18(23)6-7-19(24)28-29)20-15(16)4-3-5-17(20)22(25)26/h3-8,12-13H,9-11H2,1-2H3. The van der Waals surface area contributed by atoms with E-state index in [-0.39, 0.29) is 10.6 Å². The van der Waals surface area contributed by atoms with Crippen LogP contribution in [0.1, 0.15) is 25.8 Å². The van der Waals surface area contributed by atoms with Gasteiger partial charge < -0.3 is 8.37 Å². The maximum atomic E-state index is 12.1. The number of carbonyl (C=O) groups is 2. The second kappa shape index (κ2) is 7.16. The fourth-order valence-electron chi connectivity index (χ4n) is 3.69. The van der Waals surface area contributed by atoms with Crippen LogP contribution in [0, 0.1) is 10.1 Å². The second-order valence-electron chi connectivity index (χ2n) is 7.19. The van der Waals surface area contributed by atoms with Crippen LogP contribution in [0.2, 0.25) is 0 Å². The van der Waals surface area contributed by atoms with Crippen molar-refractivity contribution in [2.24, 2.45) is 0 Å². The van der Waals surface area contributed by atoms with Gasteiger partial charge in [0, 0.05) is 48.5 Å². The lowest BCUT2D eigenvalue weighted by Gasteiger charge is -2.34. The first-order valence-electron chi connectivity index (χ1n) is 9.22. The average Bonchev–Trinajstić information content (AvgIpc) is 2.91. The Morgan fingerprint density at radius 2 is 1.86 bits per heavy atom. The molecule has 4 rings (SSSR count). The lowest BCUT2D eigenvalue weighted by atomic mass is 9.94. The maximum absolute atomic E-state index is 12.1. The molecule has 3 heterocycles. The van der Waals surface area contributed by atoms with Gasteiger partial charge in [0.25, 0.3) is 5.69 Å². The summed E-state index contributed by atoms with van der Waals surface area (Å²) in [6.07, 6.45) is 4.77. The van der Waals surface area contributed by atoms with Crippen LogP contribution >= 0.6 is 10.6 Å². The molecule has 152 valence electrons. The van der Waals surface area contributed by atoms with Crippen LogP contribution in [-0.2, 0) is 18.0 Å². The SMILES string of the molecule is CC(C)N1CC=C(C2=CS3(OC(=O)C=CC(=O)O3)c3c2cccc3[N+](=O)[O-])CC1. The number of nitro benzene ring substituents is 1. The quantitative estimate of drug-likeness (QED) is 0.548. The van der Waals surface area contributed by atoms with Crippen molar-refractivity contribution in [1.82, 2.24) is 4.90 Å². The van der Waals surface area contributed by atoms with Gasteiger partial charge in [-0.1, -0.05) is 28.8 Å². The topological polar surface area (TPSA) is 99.0 Å². The van der Waals surface area contributed by atoms with E-state index < -0.39 is 27.5 Å². The van der Waals surface area contributed by atoms with Gasteiger partial charge in [0.2, 0.25) is 0 Å². The minimum absolute atomic E-state index is 0.151. The van der Waals surface area contributed by atoms with Gasteiger partial charge in [0.15, 0.2) is 4.90 Å². The zero-order valence-corrected chi connectivity index (χ0v) is 16.8. The second-order valence-corrected chi connectivity index (χ2v) is 9.26. The predicted molar refractivity (Wildman–Crippen MR) is 108 cm³/mol. The van der Waals surface area contributed by atoms with E-state index in [0.717, 1.165) is 42.8 Å². The summed E-state index contributed by atoms with van der Waals surface area (Å²) in [5, 5.41) is 13.3. The van der Waals surface area contributed by atoms with Gasteiger partial charge in [-0.05, 0) is 25.8 Å². The number of nitro groups is 1. The molecule has 0 bridgehead atoms. The Labute approximate surface area is 169 Å². The van der Waals surface area contributed by atoms with Crippen molar-refractivity contribution in [2.75, 3.05) is 13.1 Å². The van der Waals surface area contributed by atoms with Gasteiger partial charge in [-0.3, -0.25) is 15.0 Å². The van der Waals surface area contributed by atoms with Crippen molar-refractivity contribution in [3.05, 3.63) is 63.1 Å². The molecule has 0 N–H and O–H groups in total. The van der Waals surface area contributed by atoms with Gasteiger partial charge in [-0.25, -0.2) is 9.59 Å². The normalized spacial score (nSPS) is 21.8. The highest BCUT2D eigenvalue weighted by Crippen LogP contribution is 2.70. The summed E-state index contributed by atoms with van der Waals surface area (Å²) in [6.45, 7) is 5.85. The molecular weight excluding hydrogens is 396 g/mol. The van der Waals surface area contributed by atoms with Crippen molar-refractivity contribution >= 4 is 33.8 Å². The van der Waals surface area contributed by atoms with E-state index in [0.29, 0.717) is 11.6 Å². The van der Waals surface area contributed by atoms with Gasteiger partial charge in [0.1, 0.15) is 0 Å². The van der Waals surface area contributed by atoms with Crippen molar-refractivity contribution in [1.29, 1.82) is 0 Å². The van der Waals surface area contributed by atoms with Crippen LogP contribution in [0.25, 0.3) is 5.57 Å². The molecule has 0 amide bonds. The molecule has 9 heteroatoms. The number of rotatable bonds is 3. The van der Waals surface area contributed by atoms with Crippen LogP contribution in [0.4, 0.5) is 5.69 Å². The molecule has 3 aliphatic rings. The Bertz CT molecular complexity index is 990. The van der Waals surface area contributed by atoms with E-state index in [1.165, 1.54) is 6.07 Å². The number of carbonyl (C=O) groups excluding carboxylic acids is 2. The number of nitrogens with zero attached hydrogens (tertiary/aromatic N) is 2. The first-order chi connectivity index (χ1) is 13.8. The van der Waals surface area contributed by atoms with Crippen molar-refractivity contribution in [2.45, 2.75) is 31.2 Å². The molecule has 0 atom stereocenters. The molecule has 0 fully saturated rings. The van der Waals surface area contributed by atoms with Crippen LogP contribution < -0.4 is 0 Å². The van der Waals surface area contributed by atoms with Crippen molar-refractivity contribution < 1.29 is 22.9 Å². The number of benzene rings is 1. The van der Waals surface area contributed by atoms with E-state index in [4.69, 9.17) is 8.37 Å². The van der Waals surface area contributed by atoms with Crippen LogP contribution in [-0.4, -0.2) is 40.9 Å². The Balaban J connectivity index is 1.87. The Morgan fingerprint density at radius 1 is 1.17 bits per heavy atom. The zero-order valence-electron chi connectivity index (χ0n) is 16.0. The molecule has 3 aliphatic heterocycles. The Hall–Kier alpha value is -2.91. The molecule has 1 spiro atoms. The molecule has 0 saturated heterocycles. The first kappa shape index (κ1) is 19.4. The van der Waals surface area contributed by atoms with Gasteiger partial charge >= 0.3 is 11.9 Å². The monoisotopic (exact) mass is 416 g/mol. The van der Waals surface area contributed by atoms with Crippen LogP contribution in [0.5, 0.6) is 0 Å². The van der Waals surface area contributed by atoms with Gasteiger partial charge in [-0.2, -0.15) is 0 Å². The Morgan fingerprint density at radius 3 is 2.41 bits per heavy atom. The predicted octanol–water partition coefficient (Wildman–Crippen LogP) is 3.64. The summed E-state index contributed by atoms with van der Waals surface area (Å²) in [7, 11) is -3.08. The molecule has 0 saturated carbocycles. The zero-order chi connectivity index (χ0) is 20.8. The third kappa shape index (κ3) is 3.36. The Kier molecular flexibility index (Phi) is 4.79. The average molecular weight is 416 g/mol. The molecule has 0 aliphatic carbocycles. The highest BCUT2D eigenvalue weighted by Gasteiger charge is 2.44. The summed E-state index contributed by atoms with van der Waals surface area (Å²) in [4.78, 5) is 37.9. The molecular formula is C20H20N2O6S.